The highest BCUT2D eigenvalue weighted by atomic mass is 19.1. The van der Waals surface area contributed by atoms with Crippen LogP contribution in [0.1, 0.15) is 41.3 Å². The second-order valence-electron chi connectivity index (χ2n) is 8.48. The molecule has 172 valence electrons. The van der Waals surface area contributed by atoms with Gasteiger partial charge in [0.1, 0.15) is 17.5 Å². The van der Waals surface area contributed by atoms with Crippen LogP contribution >= 0.6 is 0 Å². The molecule has 1 aromatic heterocycles. The summed E-state index contributed by atoms with van der Waals surface area (Å²) in [6, 6.07) is 7.76. The standard InChI is InChI=1S/C25H27F2N5O/c1-16(2)18-4-5-22(30-25(33)20-13-19(26)14-21(27)17(20)3)23(12-18)31-8-10-32(11-9-31)24-15-28-6-7-29-24/h4-7,12-16H,8-11H2,1-3H3,(H,30,33). The van der Waals surface area contributed by atoms with E-state index >= 15 is 0 Å². The highest BCUT2D eigenvalue weighted by Crippen LogP contribution is 2.32. The maximum absolute atomic E-state index is 14.0. The third-order valence-corrected chi connectivity index (χ3v) is 5.98. The number of nitrogens with one attached hydrogen (secondary N) is 1. The molecule has 3 aromatic rings. The number of amides is 1. The zero-order valence-electron chi connectivity index (χ0n) is 19.0. The van der Waals surface area contributed by atoms with Crippen LogP contribution in [-0.2, 0) is 0 Å². The summed E-state index contributed by atoms with van der Waals surface area (Å²) in [6.07, 6.45) is 5.08. The Kier molecular flexibility index (Phi) is 6.53. The van der Waals surface area contributed by atoms with E-state index in [0.717, 1.165) is 55.4 Å². The van der Waals surface area contributed by atoms with E-state index in [1.54, 1.807) is 18.6 Å². The summed E-state index contributed by atoms with van der Waals surface area (Å²) in [4.78, 5) is 25.9. The lowest BCUT2D eigenvalue weighted by Crippen LogP contribution is -2.47. The highest BCUT2D eigenvalue weighted by Gasteiger charge is 2.23. The van der Waals surface area contributed by atoms with Crippen molar-refractivity contribution in [3.63, 3.8) is 0 Å². The number of aromatic nitrogens is 2. The van der Waals surface area contributed by atoms with Gasteiger partial charge in [-0.1, -0.05) is 19.9 Å². The molecule has 0 unspecified atom stereocenters. The van der Waals surface area contributed by atoms with E-state index in [-0.39, 0.29) is 11.1 Å². The first kappa shape index (κ1) is 22.6. The number of hydrogen-bond donors (Lipinski definition) is 1. The minimum atomic E-state index is -0.779. The van der Waals surface area contributed by atoms with Gasteiger partial charge in [0.15, 0.2) is 0 Å². The maximum Gasteiger partial charge on any atom is 0.256 e. The van der Waals surface area contributed by atoms with Gasteiger partial charge >= 0.3 is 0 Å². The molecule has 33 heavy (non-hydrogen) atoms. The van der Waals surface area contributed by atoms with Crippen LogP contribution in [0.3, 0.4) is 0 Å². The predicted octanol–water partition coefficient (Wildman–Crippen LogP) is 4.77. The van der Waals surface area contributed by atoms with Crippen LogP contribution in [0.25, 0.3) is 0 Å². The van der Waals surface area contributed by atoms with Gasteiger partial charge in [-0.05, 0) is 42.2 Å². The molecule has 1 aliphatic rings. The molecule has 0 saturated carbocycles. The quantitative estimate of drug-likeness (QED) is 0.606. The Morgan fingerprint density at radius 1 is 1.03 bits per heavy atom. The second kappa shape index (κ2) is 9.52. The minimum Gasteiger partial charge on any atom is -0.366 e. The van der Waals surface area contributed by atoms with Crippen molar-refractivity contribution < 1.29 is 13.6 Å². The number of carbonyl (C=O) groups is 1. The smallest absolute Gasteiger partial charge is 0.256 e. The monoisotopic (exact) mass is 451 g/mol. The number of hydrogen-bond acceptors (Lipinski definition) is 5. The molecular weight excluding hydrogens is 424 g/mol. The Balaban J connectivity index is 1.59. The number of rotatable bonds is 5. The third kappa shape index (κ3) is 4.94. The molecule has 1 amide bonds. The van der Waals surface area contributed by atoms with Gasteiger partial charge in [-0.3, -0.25) is 9.78 Å². The van der Waals surface area contributed by atoms with Crippen LogP contribution in [0, 0.1) is 18.6 Å². The third-order valence-electron chi connectivity index (χ3n) is 5.98. The highest BCUT2D eigenvalue weighted by molar-refractivity contribution is 6.07. The molecule has 1 N–H and O–H groups in total. The first-order valence-electron chi connectivity index (χ1n) is 11.0. The number of benzene rings is 2. The summed E-state index contributed by atoms with van der Waals surface area (Å²) in [5.74, 6) is -0.906. The molecule has 1 fully saturated rings. The van der Waals surface area contributed by atoms with Crippen molar-refractivity contribution in [1.82, 2.24) is 9.97 Å². The summed E-state index contributed by atoms with van der Waals surface area (Å²) in [5.41, 5.74) is 2.75. The summed E-state index contributed by atoms with van der Waals surface area (Å²) in [6.45, 7) is 8.67. The molecule has 2 aromatic carbocycles. The van der Waals surface area contributed by atoms with E-state index in [9.17, 15) is 13.6 Å². The zero-order chi connectivity index (χ0) is 23.5. The Hall–Kier alpha value is -3.55. The van der Waals surface area contributed by atoms with Gasteiger partial charge in [0.05, 0.1) is 17.6 Å². The number of nitrogens with zero attached hydrogens (tertiary/aromatic N) is 4. The number of carbonyl (C=O) groups excluding carboxylic acids is 1. The van der Waals surface area contributed by atoms with Crippen molar-refractivity contribution in [2.24, 2.45) is 0 Å². The van der Waals surface area contributed by atoms with Crippen molar-refractivity contribution in [2.75, 3.05) is 41.3 Å². The zero-order valence-corrected chi connectivity index (χ0v) is 19.0. The van der Waals surface area contributed by atoms with Gasteiger partial charge < -0.3 is 15.1 Å². The fourth-order valence-electron chi connectivity index (χ4n) is 3.98. The molecule has 1 aliphatic heterocycles. The minimum absolute atomic E-state index is 0.0149. The van der Waals surface area contributed by atoms with Crippen molar-refractivity contribution >= 4 is 23.1 Å². The molecule has 1 saturated heterocycles. The SMILES string of the molecule is Cc1c(F)cc(F)cc1C(=O)Nc1ccc(C(C)C)cc1N1CCN(c2cnccn2)CC1. The van der Waals surface area contributed by atoms with Gasteiger partial charge in [0.2, 0.25) is 0 Å². The molecule has 0 aliphatic carbocycles. The van der Waals surface area contributed by atoms with Crippen LogP contribution in [0.15, 0.2) is 48.9 Å². The van der Waals surface area contributed by atoms with Crippen LogP contribution in [-0.4, -0.2) is 42.1 Å². The lowest BCUT2D eigenvalue weighted by atomic mass is 10.0. The molecule has 0 spiro atoms. The summed E-state index contributed by atoms with van der Waals surface area (Å²) in [7, 11) is 0. The summed E-state index contributed by atoms with van der Waals surface area (Å²) >= 11 is 0. The van der Waals surface area contributed by atoms with Crippen LogP contribution < -0.4 is 15.1 Å². The maximum atomic E-state index is 14.0. The molecule has 0 bridgehead atoms. The normalized spacial score (nSPS) is 14.0. The molecule has 0 radical (unpaired) electrons. The van der Waals surface area contributed by atoms with Crippen molar-refractivity contribution in [3.8, 4) is 0 Å². The molecule has 0 atom stereocenters. The molecule has 8 heteroatoms. The van der Waals surface area contributed by atoms with Crippen molar-refractivity contribution in [2.45, 2.75) is 26.7 Å². The van der Waals surface area contributed by atoms with E-state index in [1.807, 2.05) is 12.1 Å². The Bertz CT molecular complexity index is 1150. The lowest BCUT2D eigenvalue weighted by molar-refractivity contribution is 0.102. The Labute approximate surface area is 192 Å². The van der Waals surface area contributed by atoms with Crippen LogP contribution in [0.5, 0.6) is 0 Å². The summed E-state index contributed by atoms with van der Waals surface area (Å²) < 4.78 is 27.7. The Morgan fingerprint density at radius 3 is 2.42 bits per heavy atom. The first-order chi connectivity index (χ1) is 15.8. The van der Waals surface area contributed by atoms with E-state index in [2.05, 4.69) is 45.0 Å². The van der Waals surface area contributed by atoms with Crippen molar-refractivity contribution in [3.05, 3.63) is 77.2 Å². The van der Waals surface area contributed by atoms with Gasteiger partial charge in [-0.15, -0.1) is 0 Å². The molecular formula is C25H27F2N5O. The fraction of sp³-hybridized carbons (Fsp3) is 0.320. The Morgan fingerprint density at radius 2 is 1.76 bits per heavy atom. The second-order valence-corrected chi connectivity index (χ2v) is 8.48. The van der Waals surface area contributed by atoms with E-state index < -0.39 is 17.5 Å². The molecule has 4 rings (SSSR count). The predicted molar refractivity (Wildman–Crippen MR) is 126 cm³/mol. The average molecular weight is 452 g/mol. The lowest BCUT2D eigenvalue weighted by Gasteiger charge is -2.37. The number of anilines is 3. The first-order valence-corrected chi connectivity index (χ1v) is 11.0. The average Bonchev–Trinajstić information content (AvgIpc) is 2.82. The summed E-state index contributed by atoms with van der Waals surface area (Å²) in [5, 5.41) is 2.88. The van der Waals surface area contributed by atoms with Crippen LogP contribution in [0.2, 0.25) is 0 Å². The van der Waals surface area contributed by atoms with Gasteiger partial charge in [0, 0.05) is 50.2 Å². The molecule has 2 heterocycles. The number of piperazine rings is 1. The van der Waals surface area contributed by atoms with E-state index in [1.165, 1.54) is 6.92 Å². The number of halogens is 2. The largest absolute Gasteiger partial charge is 0.366 e. The van der Waals surface area contributed by atoms with E-state index in [0.29, 0.717) is 11.6 Å². The van der Waals surface area contributed by atoms with Gasteiger partial charge in [-0.25, -0.2) is 13.8 Å². The van der Waals surface area contributed by atoms with Crippen molar-refractivity contribution in [1.29, 1.82) is 0 Å². The topological polar surface area (TPSA) is 61.4 Å². The molecule has 6 nitrogen and oxygen atoms in total. The fourth-order valence-corrected chi connectivity index (χ4v) is 3.98. The van der Waals surface area contributed by atoms with Gasteiger partial charge in [-0.2, -0.15) is 0 Å². The van der Waals surface area contributed by atoms with E-state index in [4.69, 9.17) is 0 Å². The van der Waals surface area contributed by atoms with Crippen LogP contribution in [0.4, 0.5) is 26.0 Å². The van der Waals surface area contributed by atoms with Gasteiger partial charge in [0.25, 0.3) is 5.91 Å².